The average Bonchev–Trinajstić information content (AvgIpc) is 3.26. The molecular weight excluding hydrogens is 500 g/mol. The van der Waals surface area contributed by atoms with Crippen molar-refractivity contribution in [3.8, 4) is 62.5 Å². The molecule has 4 heteroatoms. The molecule has 41 heavy (non-hydrogen) atoms. The number of aromatic nitrogens is 3. The van der Waals surface area contributed by atoms with Gasteiger partial charge < -0.3 is 0 Å². The molecule has 1 aliphatic carbocycles. The van der Waals surface area contributed by atoms with E-state index in [1.807, 2.05) is 78.9 Å². The predicted molar refractivity (Wildman–Crippen MR) is 164 cm³/mol. The van der Waals surface area contributed by atoms with Crippen molar-refractivity contribution in [3.63, 3.8) is 0 Å². The highest BCUT2D eigenvalue weighted by atomic mass is 15.0. The van der Waals surface area contributed by atoms with Gasteiger partial charge in [-0.2, -0.15) is 5.26 Å². The van der Waals surface area contributed by atoms with Crippen LogP contribution in [-0.4, -0.2) is 15.0 Å². The van der Waals surface area contributed by atoms with Gasteiger partial charge in [0.25, 0.3) is 0 Å². The zero-order valence-corrected chi connectivity index (χ0v) is 22.8. The van der Waals surface area contributed by atoms with Crippen LogP contribution in [0, 0.1) is 11.3 Å². The molecule has 7 rings (SSSR count). The molecule has 6 aromatic rings. The van der Waals surface area contributed by atoms with Crippen molar-refractivity contribution in [1.29, 1.82) is 5.26 Å². The standard InChI is InChI=1S/C37H26N4/c1-37(2)32-21-24(23-38)17-19-29(32)30-20-18-27(22-33(30)37)28-15-9-10-16-31(28)36-40-34(25-11-5-3-6-12-25)39-35(41-36)26-13-7-4-8-14-26/h3-22H,1-2H3. The maximum atomic E-state index is 9.51. The highest BCUT2D eigenvalue weighted by Gasteiger charge is 2.36. The Labute approximate surface area is 239 Å². The Morgan fingerprint density at radius 1 is 0.488 bits per heavy atom. The maximum Gasteiger partial charge on any atom is 0.164 e. The lowest BCUT2D eigenvalue weighted by Gasteiger charge is -2.22. The maximum absolute atomic E-state index is 9.51. The summed E-state index contributed by atoms with van der Waals surface area (Å²) >= 11 is 0. The quantitative estimate of drug-likeness (QED) is 0.230. The Hall–Kier alpha value is -5.40. The summed E-state index contributed by atoms with van der Waals surface area (Å²) in [7, 11) is 0. The fourth-order valence-electron chi connectivity index (χ4n) is 5.83. The topological polar surface area (TPSA) is 62.5 Å². The molecule has 0 N–H and O–H groups in total. The second kappa shape index (κ2) is 9.66. The SMILES string of the molecule is CC1(C)c2cc(C#N)ccc2-c2ccc(-c3ccccc3-c3nc(-c4ccccc4)nc(-c4ccccc4)n3)cc21. The molecule has 0 radical (unpaired) electrons. The summed E-state index contributed by atoms with van der Waals surface area (Å²) in [4.78, 5) is 14.8. The van der Waals surface area contributed by atoms with E-state index in [2.05, 4.69) is 62.4 Å². The van der Waals surface area contributed by atoms with Gasteiger partial charge >= 0.3 is 0 Å². The summed E-state index contributed by atoms with van der Waals surface area (Å²) in [5, 5.41) is 9.51. The fraction of sp³-hybridized carbons (Fsp3) is 0.0811. The van der Waals surface area contributed by atoms with Gasteiger partial charge in [-0.15, -0.1) is 0 Å². The zero-order valence-electron chi connectivity index (χ0n) is 22.8. The largest absolute Gasteiger partial charge is 0.208 e. The second-order valence-electron chi connectivity index (χ2n) is 10.8. The molecule has 1 aliphatic rings. The van der Waals surface area contributed by atoms with Crippen LogP contribution in [0.5, 0.6) is 0 Å². The molecule has 4 nitrogen and oxygen atoms in total. The minimum absolute atomic E-state index is 0.226. The van der Waals surface area contributed by atoms with Crippen molar-refractivity contribution < 1.29 is 0 Å². The van der Waals surface area contributed by atoms with E-state index >= 15 is 0 Å². The summed E-state index contributed by atoms with van der Waals surface area (Å²) < 4.78 is 0. The first-order valence-electron chi connectivity index (χ1n) is 13.7. The van der Waals surface area contributed by atoms with Crippen LogP contribution in [0.4, 0.5) is 0 Å². The highest BCUT2D eigenvalue weighted by molar-refractivity contribution is 5.87. The van der Waals surface area contributed by atoms with E-state index in [0.29, 0.717) is 23.0 Å². The van der Waals surface area contributed by atoms with Crippen molar-refractivity contribution in [2.24, 2.45) is 0 Å². The van der Waals surface area contributed by atoms with E-state index < -0.39 is 0 Å². The molecular formula is C37H26N4. The number of hydrogen-bond donors (Lipinski definition) is 0. The first kappa shape index (κ1) is 24.6. The van der Waals surface area contributed by atoms with Crippen LogP contribution >= 0.6 is 0 Å². The Bertz CT molecular complexity index is 1910. The lowest BCUT2D eigenvalue weighted by atomic mass is 9.81. The normalized spacial score (nSPS) is 12.8. The molecule has 1 heterocycles. The van der Waals surface area contributed by atoms with Crippen molar-refractivity contribution in [3.05, 3.63) is 138 Å². The smallest absolute Gasteiger partial charge is 0.164 e. The molecule has 0 saturated carbocycles. The highest BCUT2D eigenvalue weighted by Crippen LogP contribution is 2.50. The molecule has 0 fully saturated rings. The van der Waals surface area contributed by atoms with E-state index in [1.165, 1.54) is 22.3 Å². The van der Waals surface area contributed by atoms with Gasteiger partial charge in [-0.05, 0) is 51.6 Å². The lowest BCUT2D eigenvalue weighted by Crippen LogP contribution is -2.15. The molecule has 0 amide bonds. The van der Waals surface area contributed by atoms with E-state index in [-0.39, 0.29) is 5.41 Å². The van der Waals surface area contributed by atoms with E-state index in [1.54, 1.807) is 0 Å². The number of rotatable bonds is 4. The van der Waals surface area contributed by atoms with E-state index in [0.717, 1.165) is 27.8 Å². The number of benzene rings is 5. The van der Waals surface area contributed by atoms with E-state index in [4.69, 9.17) is 15.0 Å². The van der Waals surface area contributed by atoms with Gasteiger partial charge in [0, 0.05) is 22.1 Å². The van der Waals surface area contributed by atoms with Gasteiger partial charge in [0.05, 0.1) is 11.6 Å². The van der Waals surface area contributed by atoms with Gasteiger partial charge in [-0.25, -0.2) is 15.0 Å². The average molecular weight is 527 g/mol. The van der Waals surface area contributed by atoms with Crippen LogP contribution in [0.2, 0.25) is 0 Å². The number of hydrogen-bond acceptors (Lipinski definition) is 4. The first-order valence-corrected chi connectivity index (χ1v) is 13.7. The minimum atomic E-state index is -0.226. The first-order chi connectivity index (χ1) is 20.0. The molecule has 1 aromatic heterocycles. The van der Waals surface area contributed by atoms with Crippen molar-refractivity contribution in [2.75, 3.05) is 0 Å². The van der Waals surface area contributed by atoms with Gasteiger partial charge in [-0.3, -0.25) is 0 Å². The van der Waals surface area contributed by atoms with Crippen LogP contribution in [0.25, 0.3) is 56.4 Å². The van der Waals surface area contributed by atoms with Crippen LogP contribution in [0.1, 0.15) is 30.5 Å². The van der Waals surface area contributed by atoms with Crippen LogP contribution in [0.15, 0.2) is 121 Å². The number of nitriles is 1. The summed E-state index contributed by atoms with van der Waals surface area (Å²) in [6.07, 6.45) is 0. The molecule has 0 aliphatic heterocycles. The Kier molecular flexibility index (Phi) is 5.80. The van der Waals surface area contributed by atoms with Crippen LogP contribution in [0.3, 0.4) is 0 Å². The Morgan fingerprint density at radius 3 is 1.61 bits per heavy atom. The predicted octanol–water partition coefficient (Wildman–Crippen LogP) is 8.72. The number of fused-ring (bicyclic) bond motifs is 3. The van der Waals surface area contributed by atoms with Crippen LogP contribution < -0.4 is 0 Å². The third-order valence-corrected chi connectivity index (χ3v) is 7.98. The molecule has 5 aromatic carbocycles. The Morgan fingerprint density at radius 2 is 1.00 bits per heavy atom. The molecule has 0 bridgehead atoms. The van der Waals surface area contributed by atoms with Gasteiger partial charge in [0.15, 0.2) is 17.5 Å². The van der Waals surface area contributed by atoms with Gasteiger partial charge in [-0.1, -0.05) is 117 Å². The third kappa shape index (κ3) is 4.20. The van der Waals surface area contributed by atoms with Crippen LogP contribution in [-0.2, 0) is 5.41 Å². The fourth-order valence-corrected chi connectivity index (χ4v) is 5.83. The van der Waals surface area contributed by atoms with E-state index in [9.17, 15) is 5.26 Å². The van der Waals surface area contributed by atoms with Crippen molar-refractivity contribution in [1.82, 2.24) is 15.0 Å². The lowest BCUT2D eigenvalue weighted by molar-refractivity contribution is 0.660. The molecule has 0 saturated heterocycles. The molecule has 194 valence electrons. The second-order valence-corrected chi connectivity index (χ2v) is 10.8. The number of nitrogens with zero attached hydrogens (tertiary/aromatic N) is 4. The van der Waals surface area contributed by atoms with Gasteiger partial charge in [0.2, 0.25) is 0 Å². The molecule has 0 spiro atoms. The van der Waals surface area contributed by atoms with Crippen molar-refractivity contribution in [2.45, 2.75) is 19.3 Å². The summed E-state index contributed by atoms with van der Waals surface area (Å²) in [6.45, 7) is 4.47. The zero-order chi connectivity index (χ0) is 28.0. The van der Waals surface area contributed by atoms with Gasteiger partial charge in [0.1, 0.15) is 0 Å². The Balaban J connectivity index is 1.39. The summed E-state index contributed by atoms with van der Waals surface area (Å²) in [5.74, 6) is 1.92. The monoisotopic (exact) mass is 526 g/mol. The summed E-state index contributed by atoms with van der Waals surface area (Å²) in [5.41, 5.74) is 10.3. The van der Waals surface area contributed by atoms with Crippen molar-refractivity contribution >= 4 is 0 Å². The summed E-state index contributed by atoms with van der Waals surface area (Å²) in [6, 6.07) is 43.4. The minimum Gasteiger partial charge on any atom is -0.208 e. The molecule has 0 unspecified atom stereocenters. The third-order valence-electron chi connectivity index (χ3n) is 7.98. The molecule has 0 atom stereocenters.